The fraction of sp³-hybridized carbons (Fsp3) is 0.706. The minimum atomic E-state index is 0.275. The summed E-state index contributed by atoms with van der Waals surface area (Å²) in [5.74, 6) is 0. The summed E-state index contributed by atoms with van der Waals surface area (Å²) in [5.41, 5.74) is 4.04. The summed E-state index contributed by atoms with van der Waals surface area (Å²) in [5, 5.41) is 3.42. The highest BCUT2D eigenvalue weighted by Crippen LogP contribution is 2.36. The van der Waals surface area contributed by atoms with Crippen LogP contribution in [0.15, 0.2) is 10.9 Å². The van der Waals surface area contributed by atoms with Crippen molar-refractivity contribution in [1.82, 2.24) is 9.88 Å². The van der Waals surface area contributed by atoms with E-state index >= 15 is 0 Å². The van der Waals surface area contributed by atoms with Gasteiger partial charge in [-0.05, 0) is 63.1 Å². The van der Waals surface area contributed by atoms with E-state index in [-0.39, 0.29) is 5.56 Å². The molecule has 1 N–H and O–H groups in total. The lowest BCUT2D eigenvalue weighted by molar-refractivity contribution is 0.568. The van der Waals surface area contributed by atoms with Gasteiger partial charge in [0.05, 0.1) is 0 Å². The van der Waals surface area contributed by atoms with Crippen molar-refractivity contribution >= 4 is 0 Å². The molecule has 0 radical (unpaired) electrons. The maximum absolute atomic E-state index is 12.7. The van der Waals surface area contributed by atoms with E-state index in [0.29, 0.717) is 6.04 Å². The van der Waals surface area contributed by atoms with Gasteiger partial charge in [-0.25, -0.2) is 0 Å². The van der Waals surface area contributed by atoms with Crippen LogP contribution in [0.4, 0.5) is 0 Å². The number of fused-ring (bicyclic) bond motifs is 1. The van der Waals surface area contributed by atoms with Gasteiger partial charge in [0.1, 0.15) is 0 Å². The molecule has 3 nitrogen and oxygen atoms in total. The molecule has 2 aliphatic carbocycles. The second kappa shape index (κ2) is 6.13. The van der Waals surface area contributed by atoms with Gasteiger partial charge in [0.15, 0.2) is 0 Å². The fourth-order valence-electron chi connectivity index (χ4n) is 3.26. The molecule has 1 aromatic rings. The summed E-state index contributed by atoms with van der Waals surface area (Å²) in [4.78, 5) is 12.7. The lowest BCUT2D eigenvalue weighted by atomic mass is 9.94. The van der Waals surface area contributed by atoms with Crippen LogP contribution in [-0.2, 0) is 19.4 Å². The minimum absolute atomic E-state index is 0.275. The molecular formula is C17H26N2O. The number of rotatable bonds is 6. The zero-order valence-corrected chi connectivity index (χ0v) is 12.6. The van der Waals surface area contributed by atoms with Crippen LogP contribution in [0.5, 0.6) is 0 Å². The van der Waals surface area contributed by atoms with E-state index in [1.807, 2.05) is 0 Å². The van der Waals surface area contributed by atoms with Crippen molar-refractivity contribution in [2.45, 2.75) is 70.9 Å². The van der Waals surface area contributed by atoms with E-state index < -0.39 is 0 Å². The van der Waals surface area contributed by atoms with E-state index in [1.165, 1.54) is 49.8 Å². The Bertz CT molecular complexity index is 529. The normalized spacial score (nSPS) is 18.1. The van der Waals surface area contributed by atoms with E-state index in [1.54, 1.807) is 0 Å². The second-order valence-electron chi connectivity index (χ2n) is 6.29. The van der Waals surface area contributed by atoms with Gasteiger partial charge < -0.3 is 9.88 Å². The van der Waals surface area contributed by atoms with Crippen LogP contribution in [-0.4, -0.2) is 11.1 Å². The zero-order valence-electron chi connectivity index (χ0n) is 12.6. The maximum atomic E-state index is 12.7. The summed E-state index contributed by atoms with van der Waals surface area (Å²) in [6.07, 6.45) is 9.55. The van der Waals surface area contributed by atoms with E-state index in [9.17, 15) is 4.79 Å². The lowest BCUT2D eigenvalue weighted by Crippen LogP contribution is -2.31. The van der Waals surface area contributed by atoms with E-state index in [2.05, 4.69) is 22.9 Å². The first-order valence-corrected chi connectivity index (χ1v) is 8.28. The largest absolute Gasteiger partial charge is 0.312 e. The molecule has 1 fully saturated rings. The molecule has 1 saturated carbocycles. The quantitative estimate of drug-likeness (QED) is 0.809. The molecule has 0 aliphatic heterocycles. The maximum Gasteiger partial charge on any atom is 0.255 e. The van der Waals surface area contributed by atoms with Crippen LogP contribution < -0.4 is 10.9 Å². The molecule has 3 rings (SSSR count). The number of hydrogen-bond donors (Lipinski definition) is 1. The van der Waals surface area contributed by atoms with Gasteiger partial charge in [-0.15, -0.1) is 0 Å². The molecule has 0 aromatic carbocycles. The summed E-state index contributed by atoms with van der Waals surface area (Å²) in [6.45, 7) is 3.94. The Balaban J connectivity index is 1.86. The van der Waals surface area contributed by atoms with Crippen molar-refractivity contribution < 1.29 is 0 Å². The van der Waals surface area contributed by atoms with Crippen LogP contribution in [0, 0.1) is 0 Å². The molecule has 0 saturated heterocycles. The predicted molar refractivity (Wildman–Crippen MR) is 82.2 cm³/mol. The number of nitrogens with one attached hydrogen (secondary N) is 1. The summed E-state index contributed by atoms with van der Waals surface area (Å²) < 4.78 is 2.14. The third-order valence-corrected chi connectivity index (χ3v) is 4.55. The van der Waals surface area contributed by atoms with Crippen LogP contribution >= 0.6 is 0 Å². The Labute approximate surface area is 121 Å². The Morgan fingerprint density at radius 3 is 2.85 bits per heavy atom. The molecule has 1 aromatic heterocycles. The average Bonchev–Trinajstić information content (AvgIpc) is 3.28. The van der Waals surface area contributed by atoms with Crippen molar-refractivity contribution in [2.24, 2.45) is 0 Å². The van der Waals surface area contributed by atoms with Crippen LogP contribution in [0.25, 0.3) is 0 Å². The van der Waals surface area contributed by atoms with Gasteiger partial charge in [0, 0.05) is 23.8 Å². The zero-order chi connectivity index (χ0) is 13.9. The Morgan fingerprint density at radius 1 is 1.30 bits per heavy atom. The number of aromatic nitrogens is 1. The second-order valence-corrected chi connectivity index (χ2v) is 6.29. The minimum Gasteiger partial charge on any atom is -0.312 e. The van der Waals surface area contributed by atoms with Crippen molar-refractivity contribution in [3.8, 4) is 0 Å². The Hall–Kier alpha value is -1.09. The van der Waals surface area contributed by atoms with Gasteiger partial charge in [0.25, 0.3) is 5.56 Å². The van der Waals surface area contributed by atoms with Crippen LogP contribution in [0.2, 0.25) is 0 Å². The number of hydrogen-bond acceptors (Lipinski definition) is 2. The van der Waals surface area contributed by atoms with Crippen LogP contribution in [0.3, 0.4) is 0 Å². The number of unbranched alkanes of at least 4 members (excludes halogenated alkanes) is 1. The Kier molecular flexibility index (Phi) is 4.25. The molecular weight excluding hydrogens is 248 g/mol. The predicted octanol–water partition coefficient (Wildman–Crippen LogP) is 2.95. The molecule has 0 spiro atoms. The molecule has 0 bridgehead atoms. The molecule has 1 heterocycles. The standard InChI is InChI=1S/C17H26N2O/c1-2-3-10-18-12-14-11-13-6-4-5-7-16(13)19(17(14)20)15-8-9-15/h11,15,18H,2-10,12H2,1H3. The highest BCUT2D eigenvalue weighted by atomic mass is 16.1. The summed E-state index contributed by atoms with van der Waals surface area (Å²) in [6, 6.07) is 2.69. The molecule has 2 aliphatic rings. The van der Waals surface area contributed by atoms with Crippen LogP contribution in [0.1, 0.15) is 68.3 Å². The van der Waals surface area contributed by atoms with Gasteiger partial charge in [0.2, 0.25) is 0 Å². The third kappa shape index (κ3) is 2.83. The van der Waals surface area contributed by atoms with Gasteiger partial charge >= 0.3 is 0 Å². The first-order chi connectivity index (χ1) is 9.81. The molecule has 110 valence electrons. The fourth-order valence-corrected chi connectivity index (χ4v) is 3.26. The van der Waals surface area contributed by atoms with Crippen molar-refractivity contribution in [3.63, 3.8) is 0 Å². The van der Waals surface area contributed by atoms with Gasteiger partial charge in [-0.1, -0.05) is 13.3 Å². The number of aryl methyl sites for hydroxylation is 1. The van der Waals surface area contributed by atoms with Crippen molar-refractivity contribution in [3.05, 3.63) is 33.2 Å². The first kappa shape index (κ1) is 13.9. The SMILES string of the molecule is CCCCNCc1cc2c(n(C3CC3)c1=O)CCCC2. The number of pyridine rings is 1. The molecule has 0 unspecified atom stereocenters. The van der Waals surface area contributed by atoms with Crippen molar-refractivity contribution in [1.29, 1.82) is 0 Å². The average molecular weight is 274 g/mol. The molecule has 20 heavy (non-hydrogen) atoms. The summed E-state index contributed by atoms with van der Waals surface area (Å²) >= 11 is 0. The molecule has 0 amide bonds. The highest BCUT2D eigenvalue weighted by molar-refractivity contribution is 5.30. The van der Waals surface area contributed by atoms with Crippen molar-refractivity contribution in [2.75, 3.05) is 6.54 Å². The Morgan fingerprint density at radius 2 is 2.10 bits per heavy atom. The molecule has 3 heteroatoms. The first-order valence-electron chi connectivity index (χ1n) is 8.28. The lowest BCUT2D eigenvalue weighted by Gasteiger charge is -2.22. The highest BCUT2D eigenvalue weighted by Gasteiger charge is 2.29. The monoisotopic (exact) mass is 274 g/mol. The third-order valence-electron chi connectivity index (χ3n) is 4.55. The van der Waals surface area contributed by atoms with Gasteiger partial charge in [-0.2, -0.15) is 0 Å². The topological polar surface area (TPSA) is 34.0 Å². The number of nitrogens with zero attached hydrogens (tertiary/aromatic N) is 1. The smallest absolute Gasteiger partial charge is 0.255 e. The summed E-state index contributed by atoms with van der Waals surface area (Å²) in [7, 11) is 0. The van der Waals surface area contributed by atoms with E-state index in [4.69, 9.17) is 0 Å². The molecule has 0 atom stereocenters. The van der Waals surface area contributed by atoms with E-state index in [0.717, 1.165) is 31.5 Å². The van der Waals surface area contributed by atoms with Gasteiger partial charge in [-0.3, -0.25) is 4.79 Å².